The number of hydrogen-bond donors (Lipinski definition) is 0. The van der Waals surface area contributed by atoms with Crippen LogP contribution >= 0.6 is 11.3 Å². The number of amides is 1. The quantitative estimate of drug-likeness (QED) is 0.561. The van der Waals surface area contributed by atoms with Gasteiger partial charge in [-0.3, -0.25) is 9.69 Å². The Labute approximate surface area is 180 Å². The molecule has 0 saturated carbocycles. The Kier molecular flexibility index (Phi) is 6.20. The van der Waals surface area contributed by atoms with Gasteiger partial charge in [0.15, 0.2) is 5.13 Å². The molecular formula is C23H26N2O4S. The van der Waals surface area contributed by atoms with Crippen LogP contribution in [0.3, 0.4) is 0 Å². The molecule has 3 aromatic rings. The minimum atomic E-state index is 0.00587. The zero-order valence-electron chi connectivity index (χ0n) is 17.5. The lowest BCUT2D eigenvalue weighted by molar-refractivity contribution is -0.118. The van der Waals surface area contributed by atoms with Gasteiger partial charge in [0.25, 0.3) is 0 Å². The van der Waals surface area contributed by atoms with Crippen LogP contribution in [-0.4, -0.2) is 44.4 Å². The molecule has 30 heavy (non-hydrogen) atoms. The number of rotatable bonds is 7. The van der Waals surface area contributed by atoms with E-state index in [2.05, 4.69) is 0 Å². The summed E-state index contributed by atoms with van der Waals surface area (Å²) in [6, 6.07) is 11.8. The first kappa shape index (κ1) is 20.6. The van der Waals surface area contributed by atoms with Crippen molar-refractivity contribution in [3.8, 4) is 11.5 Å². The van der Waals surface area contributed by atoms with Crippen LogP contribution in [0.15, 0.2) is 36.4 Å². The molecule has 1 amide bonds. The van der Waals surface area contributed by atoms with E-state index < -0.39 is 0 Å². The van der Waals surface area contributed by atoms with E-state index >= 15 is 0 Å². The standard InChI is InChI=1S/C23H26N2O4S/c1-15-6-8-16(9-7-15)13-20(26)25(14-17-5-4-12-29-17)23-24-21-18(27-2)10-11-19(28-3)22(21)30-23/h6-11,17H,4-5,12-14H2,1-3H3. The summed E-state index contributed by atoms with van der Waals surface area (Å²) in [6.07, 6.45) is 2.32. The van der Waals surface area contributed by atoms with Gasteiger partial charge in [0.1, 0.15) is 21.7 Å². The highest BCUT2D eigenvalue weighted by molar-refractivity contribution is 7.22. The molecule has 1 aliphatic heterocycles. The van der Waals surface area contributed by atoms with Crippen LogP contribution in [0.5, 0.6) is 11.5 Å². The lowest BCUT2D eigenvalue weighted by Crippen LogP contribution is -2.38. The maximum absolute atomic E-state index is 13.3. The van der Waals surface area contributed by atoms with E-state index in [0.29, 0.717) is 29.4 Å². The van der Waals surface area contributed by atoms with Gasteiger partial charge in [-0.15, -0.1) is 0 Å². The van der Waals surface area contributed by atoms with Crippen molar-refractivity contribution in [2.24, 2.45) is 0 Å². The average Bonchev–Trinajstić information content (AvgIpc) is 3.42. The predicted octanol–water partition coefficient (Wildman–Crippen LogP) is 4.38. The number of benzene rings is 2. The smallest absolute Gasteiger partial charge is 0.233 e. The summed E-state index contributed by atoms with van der Waals surface area (Å²) >= 11 is 1.44. The van der Waals surface area contributed by atoms with E-state index in [1.807, 2.05) is 43.3 Å². The Morgan fingerprint density at radius 2 is 1.90 bits per heavy atom. The summed E-state index contributed by atoms with van der Waals surface area (Å²) in [6.45, 7) is 3.28. The van der Waals surface area contributed by atoms with Gasteiger partial charge >= 0.3 is 0 Å². The zero-order chi connectivity index (χ0) is 21.1. The molecule has 1 fully saturated rings. The molecule has 0 N–H and O–H groups in total. The first-order valence-electron chi connectivity index (χ1n) is 10.1. The van der Waals surface area contributed by atoms with Crippen LogP contribution in [0, 0.1) is 6.92 Å². The van der Waals surface area contributed by atoms with E-state index in [-0.39, 0.29) is 12.0 Å². The normalized spacial score (nSPS) is 16.0. The lowest BCUT2D eigenvalue weighted by Gasteiger charge is -2.23. The van der Waals surface area contributed by atoms with Crippen molar-refractivity contribution in [3.63, 3.8) is 0 Å². The number of fused-ring (bicyclic) bond motifs is 1. The molecule has 2 aromatic carbocycles. The molecular weight excluding hydrogens is 400 g/mol. The fourth-order valence-electron chi connectivity index (χ4n) is 3.64. The number of carbonyl (C=O) groups is 1. The van der Waals surface area contributed by atoms with Gasteiger partial charge in [-0.2, -0.15) is 0 Å². The highest BCUT2D eigenvalue weighted by Crippen LogP contribution is 2.40. The number of ether oxygens (including phenoxy) is 3. The van der Waals surface area contributed by atoms with Crippen LogP contribution in [-0.2, 0) is 16.0 Å². The van der Waals surface area contributed by atoms with E-state index in [4.69, 9.17) is 19.2 Å². The molecule has 1 aliphatic rings. The van der Waals surface area contributed by atoms with Gasteiger partial charge < -0.3 is 14.2 Å². The zero-order valence-corrected chi connectivity index (χ0v) is 18.3. The van der Waals surface area contributed by atoms with Crippen LogP contribution in [0.4, 0.5) is 5.13 Å². The first-order valence-corrected chi connectivity index (χ1v) is 10.9. The molecule has 0 spiro atoms. The fraction of sp³-hybridized carbons (Fsp3) is 0.391. The number of carbonyl (C=O) groups excluding carboxylic acids is 1. The molecule has 2 heterocycles. The SMILES string of the molecule is COc1ccc(OC)c2sc(N(CC3CCCO3)C(=O)Cc3ccc(C)cc3)nc12. The summed E-state index contributed by atoms with van der Waals surface area (Å²) in [4.78, 5) is 19.9. The van der Waals surface area contributed by atoms with E-state index in [1.165, 1.54) is 16.9 Å². The van der Waals surface area contributed by atoms with E-state index in [1.54, 1.807) is 19.1 Å². The number of anilines is 1. The van der Waals surface area contributed by atoms with Crippen molar-refractivity contribution in [2.75, 3.05) is 32.3 Å². The number of methoxy groups -OCH3 is 2. The first-order chi connectivity index (χ1) is 14.6. The molecule has 0 bridgehead atoms. The Morgan fingerprint density at radius 3 is 2.57 bits per heavy atom. The second-order valence-electron chi connectivity index (χ2n) is 7.45. The highest BCUT2D eigenvalue weighted by atomic mass is 32.1. The summed E-state index contributed by atoms with van der Waals surface area (Å²) in [7, 11) is 3.25. The number of hydrogen-bond acceptors (Lipinski definition) is 6. The summed E-state index contributed by atoms with van der Waals surface area (Å²) in [5, 5.41) is 0.639. The molecule has 158 valence electrons. The third-order valence-electron chi connectivity index (χ3n) is 5.32. The Balaban J connectivity index is 1.69. The minimum Gasteiger partial charge on any atom is -0.495 e. The van der Waals surface area contributed by atoms with Gasteiger partial charge in [0.2, 0.25) is 5.91 Å². The van der Waals surface area contributed by atoms with E-state index in [0.717, 1.165) is 35.5 Å². The maximum Gasteiger partial charge on any atom is 0.233 e. The molecule has 1 atom stereocenters. The van der Waals surface area contributed by atoms with E-state index in [9.17, 15) is 4.79 Å². The highest BCUT2D eigenvalue weighted by Gasteiger charge is 2.27. The molecule has 0 radical (unpaired) electrons. The topological polar surface area (TPSA) is 60.9 Å². The number of aromatic nitrogens is 1. The van der Waals surface area contributed by atoms with Gasteiger partial charge in [0, 0.05) is 6.61 Å². The molecule has 4 rings (SSSR count). The van der Waals surface area contributed by atoms with Crippen molar-refractivity contribution < 1.29 is 19.0 Å². The maximum atomic E-state index is 13.3. The number of aryl methyl sites for hydroxylation is 1. The molecule has 0 aliphatic carbocycles. The minimum absolute atomic E-state index is 0.00587. The second-order valence-corrected chi connectivity index (χ2v) is 8.42. The Morgan fingerprint density at radius 1 is 1.17 bits per heavy atom. The van der Waals surface area contributed by atoms with Crippen molar-refractivity contribution >= 4 is 32.6 Å². The lowest BCUT2D eigenvalue weighted by atomic mass is 10.1. The third kappa shape index (κ3) is 4.27. The predicted molar refractivity (Wildman–Crippen MR) is 119 cm³/mol. The molecule has 7 heteroatoms. The van der Waals surface area contributed by atoms with Gasteiger partial charge in [0.05, 0.1) is 33.3 Å². The van der Waals surface area contributed by atoms with Crippen molar-refractivity contribution in [3.05, 3.63) is 47.5 Å². The molecule has 1 aromatic heterocycles. The van der Waals surface area contributed by atoms with Gasteiger partial charge in [-0.1, -0.05) is 41.2 Å². The molecule has 1 saturated heterocycles. The average molecular weight is 427 g/mol. The monoisotopic (exact) mass is 426 g/mol. The summed E-state index contributed by atoms with van der Waals surface area (Å²) in [5.41, 5.74) is 2.87. The fourth-order valence-corrected chi connectivity index (χ4v) is 4.75. The Hall–Kier alpha value is -2.64. The summed E-state index contributed by atoms with van der Waals surface area (Å²) in [5.74, 6) is 1.39. The van der Waals surface area contributed by atoms with Crippen LogP contribution in [0.1, 0.15) is 24.0 Å². The van der Waals surface area contributed by atoms with Crippen molar-refractivity contribution in [1.29, 1.82) is 0 Å². The largest absolute Gasteiger partial charge is 0.495 e. The van der Waals surface area contributed by atoms with Crippen molar-refractivity contribution in [1.82, 2.24) is 4.98 Å². The molecule has 6 nitrogen and oxygen atoms in total. The van der Waals surface area contributed by atoms with Crippen LogP contribution < -0.4 is 14.4 Å². The van der Waals surface area contributed by atoms with Crippen LogP contribution in [0.25, 0.3) is 10.2 Å². The number of nitrogens with zero attached hydrogens (tertiary/aromatic N) is 2. The number of thiazole rings is 1. The third-order valence-corrected chi connectivity index (χ3v) is 6.41. The van der Waals surface area contributed by atoms with Crippen molar-refractivity contribution in [2.45, 2.75) is 32.3 Å². The second kappa shape index (κ2) is 9.02. The van der Waals surface area contributed by atoms with Gasteiger partial charge in [-0.05, 0) is 37.5 Å². The summed E-state index contributed by atoms with van der Waals surface area (Å²) < 4.78 is 17.7. The van der Waals surface area contributed by atoms with Gasteiger partial charge in [-0.25, -0.2) is 4.98 Å². The van der Waals surface area contributed by atoms with Crippen LogP contribution in [0.2, 0.25) is 0 Å². The molecule has 1 unspecified atom stereocenters. The Bertz CT molecular complexity index is 985.